The van der Waals surface area contributed by atoms with Gasteiger partial charge >= 0.3 is 5.97 Å². The number of nitrogens with two attached hydrogens (primary N) is 1. The minimum Gasteiger partial charge on any atom is -0.465 e. The van der Waals surface area contributed by atoms with Gasteiger partial charge in [0.2, 0.25) is 0 Å². The van der Waals surface area contributed by atoms with Crippen molar-refractivity contribution in [1.29, 1.82) is 0 Å². The van der Waals surface area contributed by atoms with E-state index in [0.717, 1.165) is 32.8 Å². The molecule has 2 rings (SSSR count). The van der Waals surface area contributed by atoms with E-state index in [1.165, 1.54) is 18.6 Å². The predicted octanol–water partition coefficient (Wildman–Crippen LogP) is 0.644. The van der Waals surface area contributed by atoms with Crippen molar-refractivity contribution in [2.75, 3.05) is 51.0 Å². The summed E-state index contributed by atoms with van der Waals surface area (Å²) in [6.07, 6.45) is 0. The number of hydrogen-bond donors (Lipinski definition) is 2. The van der Waals surface area contributed by atoms with Crippen molar-refractivity contribution in [3.05, 3.63) is 5.56 Å². The number of morpholine rings is 1. The van der Waals surface area contributed by atoms with Gasteiger partial charge in [0.1, 0.15) is 10.6 Å². The third kappa shape index (κ3) is 3.59. The molecule has 1 aliphatic rings. The Morgan fingerprint density at radius 2 is 2.30 bits per heavy atom. The van der Waals surface area contributed by atoms with E-state index >= 15 is 0 Å². The Bertz CT molecular complexity index is 460. The molecule has 0 amide bonds. The van der Waals surface area contributed by atoms with Crippen LogP contribution in [0.4, 0.5) is 10.8 Å². The van der Waals surface area contributed by atoms with Crippen LogP contribution in [0.2, 0.25) is 0 Å². The lowest BCUT2D eigenvalue weighted by molar-refractivity contribution is 0.0368. The number of nitrogens with one attached hydrogen (secondary N) is 1. The van der Waals surface area contributed by atoms with E-state index in [4.69, 9.17) is 15.2 Å². The van der Waals surface area contributed by atoms with Gasteiger partial charge in [0.25, 0.3) is 0 Å². The molecule has 0 aliphatic carbocycles. The van der Waals surface area contributed by atoms with Crippen LogP contribution < -0.4 is 11.1 Å². The fourth-order valence-electron chi connectivity index (χ4n) is 2.14. The summed E-state index contributed by atoms with van der Waals surface area (Å²) in [5.74, 6) is -0.250. The largest absolute Gasteiger partial charge is 0.465 e. The van der Waals surface area contributed by atoms with Gasteiger partial charge in [-0.2, -0.15) is 4.37 Å². The molecule has 0 saturated carbocycles. The van der Waals surface area contributed by atoms with E-state index in [9.17, 15) is 4.79 Å². The van der Waals surface area contributed by atoms with E-state index in [2.05, 4.69) is 21.5 Å². The normalized spacial score (nSPS) is 17.7. The Labute approximate surface area is 122 Å². The first-order valence-electron chi connectivity index (χ1n) is 6.52. The monoisotopic (exact) mass is 300 g/mol. The summed E-state index contributed by atoms with van der Waals surface area (Å²) in [7, 11) is 1.33. The van der Waals surface area contributed by atoms with Crippen LogP contribution in [0.15, 0.2) is 0 Å². The number of carbonyl (C=O) groups excluding carboxylic acids is 1. The Morgan fingerprint density at radius 3 is 2.95 bits per heavy atom. The number of esters is 1. The van der Waals surface area contributed by atoms with Crippen molar-refractivity contribution in [3.63, 3.8) is 0 Å². The van der Waals surface area contributed by atoms with Crippen LogP contribution in [0.25, 0.3) is 0 Å². The number of nitrogen functional groups attached to an aromatic ring is 1. The first-order valence-corrected chi connectivity index (χ1v) is 7.29. The molecule has 0 bridgehead atoms. The summed E-state index contributed by atoms with van der Waals surface area (Å²) < 4.78 is 14.1. The fourth-order valence-corrected chi connectivity index (χ4v) is 2.95. The standard InChI is InChI=1S/C12H20N4O3S/c1-8(7-16-3-5-19-6-4-16)14-11-9(12(17)18-2)10(13)15-20-11/h8,14H,3-7H2,1-2H3,(H2,13,15). The maximum Gasteiger partial charge on any atom is 0.344 e. The molecule has 1 saturated heterocycles. The van der Waals surface area contributed by atoms with E-state index in [0.29, 0.717) is 10.6 Å². The number of anilines is 2. The second kappa shape index (κ2) is 6.87. The van der Waals surface area contributed by atoms with Crippen LogP contribution in [0.3, 0.4) is 0 Å². The molecule has 0 aromatic carbocycles. The Kier molecular flexibility index (Phi) is 5.16. The number of nitrogens with zero attached hydrogens (tertiary/aromatic N) is 2. The molecular weight excluding hydrogens is 280 g/mol. The Balaban J connectivity index is 1.96. The van der Waals surface area contributed by atoms with Crippen molar-refractivity contribution in [2.45, 2.75) is 13.0 Å². The van der Waals surface area contributed by atoms with Crippen LogP contribution in [0.5, 0.6) is 0 Å². The quantitative estimate of drug-likeness (QED) is 0.771. The van der Waals surface area contributed by atoms with Crippen molar-refractivity contribution in [3.8, 4) is 0 Å². The molecule has 1 aromatic rings. The lowest BCUT2D eigenvalue weighted by Crippen LogP contribution is -2.42. The number of methoxy groups -OCH3 is 1. The highest BCUT2D eigenvalue weighted by molar-refractivity contribution is 7.11. The summed E-state index contributed by atoms with van der Waals surface area (Å²) >= 11 is 1.18. The van der Waals surface area contributed by atoms with Gasteiger partial charge in [-0.05, 0) is 18.5 Å². The van der Waals surface area contributed by atoms with Crippen LogP contribution in [0, 0.1) is 0 Å². The van der Waals surface area contributed by atoms with Gasteiger partial charge < -0.3 is 20.5 Å². The molecule has 20 heavy (non-hydrogen) atoms. The molecule has 2 heterocycles. The molecule has 1 unspecified atom stereocenters. The maximum atomic E-state index is 11.7. The summed E-state index contributed by atoms with van der Waals surface area (Å²) in [6, 6.07) is 0.177. The molecule has 1 aliphatic heterocycles. The summed E-state index contributed by atoms with van der Waals surface area (Å²) in [4.78, 5) is 14.0. The average Bonchev–Trinajstić information content (AvgIpc) is 2.80. The van der Waals surface area contributed by atoms with E-state index in [1.807, 2.05) is 0 Å². The first-order chi connectivity index (χ1) is 9.61. The number of rotatable bonds is 5. The fraction of sp³-hybridized carbons (Fsp3) is 0.667. The number of carbonyl (C=O) groups is 1. The first kappa shape index (κ1) is 15.0. The third-order valence-electron chi connectivity index (χ3n) is 3.12. The highest BCUT2D eigenvalue weighted by atomic mass is 32.1. The lowest BCUT2D eigenvalue weighted by Gasteiger charge is -2.29. The van der Waals surface area contributed by atoms with Crippen LogP contribution in [-0.2, 0) is 9.47 Å². The highest BCUT2D eigenvalue weighted by Crippen LogP contribution is 2.28. The number of aromatic nitrogens is 1. The smallest absolute Gasteiger partial charge is 0.344 e. The minimum atomic E-state index is -0.461. The molecule has 8 heteroatoms. The van der Waals surface area contributed by atoms with Gasteiger partial charge in [-0.3, -0.25) is 4.90 Å². The maximum absolute atomic E-state index is 11.7. The Morgan fingerprint density at radius 1 is 1.60 bits per heavy atom. The SMILES string of the molecule is COC(=O)c1c(N)nsc1NC(C)CN1CCOCC1. The van der Waals surface area contributed by atoms with Gasteiger partial charge in [0.15, 0.2) is 5.82 Å². The third-order valence-corrected chi connectivity index (χ3v) is 3.91. The van der Waals surface area contributed by atoms with Crippen LogP contribution in [0.1, 0.15) is 17.3 Å². The molecular formula is C12H20N4O3S. The average molecular weight is 300 g/mol. The minimum absolute atomic E-state index is 0.177. The predicted molar refractivity (Wildman–Crippen MR) is 78.2 cm³/mol. The molecule has 1 aromatic heterocycles. The van der Waals surface area contributed by atoms with E-state index in [-0.39, 0.29) is 11.9 Å². The summed E-state index contributed by atoms with van der Waals surface area (Å²) in [5, 5.41) is 3.95. The van der Waals surface area contributed by atoms with Gasteiger partial charge in [-0.15, -0.1) is 0 Å². The zero-order chi connectivity index (χ0) is 14.5. The molecule has 0 radical (unpaired) electrons. The zero-order valence-electron chi connectivity index (χ0n) is 11.7. The van der Waals surface area contributed by atoms with Crippen LogP contribution >= 0.6 is 11.5 Å². The second-order valence-electron chi connectivity index (χ2n) is 4.72. The highest BCUT2D eigenvalue weighted by Gasteiger charge is 2.22. The topological polar surface area (TPSA) is 89.7 Å². The molecule has 7 nitrogen and oxygen atoms in total. The number of hydrogen-bond acceptors (Lipinski definition) is 8. The summed E-state index contributed by atoms with van der Waals surface area (Å²) in [6.45, 7) is 6.34. The zero-order valence-corrected chi connectivity index (χ0v) is 12.5. The van der Waals surface area contributed by atoms with Gasteiger partial charge in [-0.1, -0.05) is 0 Å². The Hall–Kier alpha value is -1.38. The lowest BCUT2D eigenvalue weighted by atomic mass is 10.2. The molecule has 3 N–H and O–H groups in total. The molecule has 1 fully saturated rings. The van der Waals surface area contributed by atoms with Gasteiger partial charge in [-0.25, -0.2) is 4.79 Å². The van der Waals surface area contributed by atoms with E-state index < -0.39 is 5.97 Å². The second-order valence-corrected chi connectivity index (χ2v) is 5.50. The van der Waals surface area contributed by atoms with Crippen LogP contribution in [-0.4, -0.2) is 61.2 Å². The van der Waals surface area contributed by atoms with Crippen molar-refractivity contribution in [1.82, 2.24) is 9.27 Å². The van der Waals surface area contributed by atoms with Crippen molar-refractivity contribution in [2.24, 2.45) is 0 Å². The van der Waals surface area contributed by atoms with Crippen molar-refractivity contribution >= 4 is 28.3 Å². The van der Waals surface area contributed by atoms with Crippen molar-refractivity contribution < 1.29 is 14.3 Å². The van der Waals surface area contributed by atoms with E-state index in [1.54, 1.807) is 0 Å². The van der Waals surface area contributed by atoms with Gasteiger partial charge in [0, 0.05) is 25.7 Å². The number of ether oxygens (including phenoxy) is 2. The molecule has 1 atom stereocenters. The summed E-state index contributed by atoms with van der Waals surface area (Å²) in [5.41, 5.74) is 6.03. The van der Waals surface area contributed by atoms with Gasteiger partial charge in [0.05, 0.1) is 20.3 Å². The molecule has 0 spiro atoms. The molecule has 112 valence electrons.